The Morgan fingerprint density at radius 3 is 1.98 bits per heavy atom. The van der Waals surface area contributed by atoms with E-state index in [1.54, 1.807) is 24.3 Å². The van der Waals surface area contributed by atoms with Crippen LogP contribution in [-0.4, -0.2) is 12.1 Å². The van der Waals surface area contributed by atoms with Crippen molar-refractivity contribution in [2.45, 2.75) is 142 Å². The molecule has 1 atom stereocenters. The molecule has 3 rings (SSSR count). The Labute approximate surface area is 252 Å². The van der Waals surface area contributed by atoms with Gasteiger partial charge in [-0.1, -0.05) is 109 Å². The summed E-state index contributed by atoms with van der Waals surface area (Å²) in [5.41, 5.74) is 2.63. The topological polar surface area (TPSA) is 26.3 Å². The van der Waals surface area contributed by atoms with Gasteiger partial charge in [-0.15, -0.1) is 0 Å². The van der Waals surface area contributed by atoms with E-state index in [2.05, 4.69) is 26.0 Å². The molecule has 2 aromatic carbocycles. The van der Waals surface area contributed by atoms with Crippen molar-refractivity contribution in [1.29, 1.82) is 0 Å². The third-order valence-electron chi connectivity index (χ3n) is 9.21. The first kappa shape index (κ1) is 34.2. The number of unbranched alkanes of at least 4 members (excludes halogenated alkanes) is 8. The summed E-state index contributed by atoms with van der Waals surface area (Å²) in [5.74, 6) is 0.158. The summed E-state index contributed by atoms with van der Waals surface area (Å²) >= 11 is 0. The average Bonchev–Trinajstić information content (AvgIpc) is 2.99. The van der Waals surface area contributed by atoms with Crippen molar-refractivity contribution in [2.24, 2.45) is 11.8 Å². The number of rotatable bonds is 18. The molecule has 5 heteroatoms. The van der Waals surface area contributed by atoms with E-state index < -0.39 is 18.1 Å². The average molecular weight is 587 g/mol. The highest BCUT2D eigenvalue weighted by molar-refractivity contribution is 5.91. The van der Waals surface area contributed by atoms with Crippen molar-refractivity contribution in [2.75, 3.05) is 0 Å². The lowest BCUT2D eigenvalue weighted by atomic mass is 9.77. The van der Waals surface area contributed by atoms with Gasteiger partial charge in [0.1, 0.15) is 5.75 Å². The predicted octanol–water partition coefficient (Wildman–Crippen LogP) is 12.0. The van der Waals surface area contributed by atoms with Crippen LogP contribution in [-0.2, 0) is 6.42 Å². The number of aryl methyl sites for hydroxylation is 1. The molecule has 1 fully saturated rings. The number of halogens is 3. The molecule has 0 spiro atoms. The molecule has 2 nitrogen and oxygen atoms in total. The number of alkyl halides is 3. The van der Waals surface area contributed by atoms with Crippen LogP contribution in [0, 0.1) is 11.8 Å². The third-order valence-corrected chi connectivity index (χ3v) is 9.21. The summed E-state index contributed by atoms with van der Waals surface area (Å²) in [7, 11) is 0. The molecule has 42 heavy (non-hydrogen) atoms. The van der Waals surface area contributed by atoms with E-state index in [0.29, 0.717) is 30.1 Å². The maximum Gasteiger partial charge on any atom is 0.391 e. The lowest BCUT2D eigenvalue weighted by molar-refractivity contribution is -0.178. The molecule has 234 valence electrons. The molecule has 1 aliphatic rings. The van der Waals surface area contributed by atoms with Gasteiger partial charge in [0.05, 0.1) is 11.5 Å². The second kappa shape index (κ2) is 18.4. The number of hydrogen-bond donors (Lipinski definition) is 0. The lowest BCUT2D eigenvalue weighted by Gasteiger charge is -2.29. The SMILES string of the molecule is CCCCCCCCC1CCC(c2ccc(C(=O)Oc3ccc(CCC(CCCCCC)C(F)(F)F)cc3)cc2)CC1. The standard InChI is InChI=1S/C37H53F3O2/c1-3-5-7-9-10-11-13-29-15-20-31(21-16-29)32-22-24-33(25-23-32)36(41)42-35-27-18-30(19-28-35)17-26-34(37(38,39)40)14-12-8-6-4-2/h18-19,22-25,27-29,31,34H,3-17,20-21,26H2,1-2H3. The number of ether oxygens (including phenoxy) is 1. The molecule has 0 saturated heterocycles. The Hall–Kier alpha value is -2.30. The van der Waals surface area contributed by atoms with E-state index in [-0.39, 0.29) is 12.8 Å². The third kappa shape index (κ3) is 12.1. The van der Waals surface area contributed by atoms with Crippen molar-refractivity contribution in [3.05, 3.63) is 65.2 Å². The largest absolute Gasteiger partial charge is 0.423 e. The fourth-order valence-electron chi connectivity index (χ4n) is 6.41. The second-order valence-corrected chi connectivity index (χ2v) is 12.6. The van der Waals surface area contributed by atoms with E-state index in [1.165, 1.54) is 76.2 Å². The molecule has 1 saturated carbocycles. The highest BCUT2D eigenvalue weighted by Crippen LogP contribution is 2.38. The first-order chi connectivity index (χ1) is 20.3. The quantitative estimate of drug-likeness (QED) is 0.0986. The molecule has 0 heterocycles. The minimum absolute atomic E-state index is 0.0852. The monoisotopic (exact) mass is 586 g/mol. The molecule has 0 aromatic heterocycles. The molecule has 0 aliphatic heterocycles. The summed E-state index contributed by atoms with van der Waals surface area (Å²) in [6, 6.07) is 14.7. The Kier molecular flexibility index (Phi) is 15.0. The van der Waals surface area contributed by atoms with Crippen LogP contribution in [0.3, 0.4) is 0 Å². The molecular formula is C37H53F3O2. The smallest absolute Gasteiger partial charge is 0.391 e. The van der Waals surface area contributed by atoms with E-state index in [4.69, 9.17) is 4.74 Å². The summed E-state index contributed by atoms with van der Waals surface area (Å²) in [4.78, 5) is 12.7. The molecule has 2 aromatic rings. The fraction of sp³-hybridized carbons (Fsp3) is 0.649. The van der Waals surface area contributed by atoms with Crippen LogP contribution in [0.4, 0.5) is 13.2 Å². The van der Waals surface area contributed by atoms with Crippen molar-refractivity contribution in [3.8, 4) is 5.75 Å². The normalized spacial score (nSPS) is 18.1. The van der Waals surface area contributed by atoms with E-state index in [9.17, 15) is 18.0 Å². The molecule has 1 aliphatic carbocycles. The highest BCUT2D eigenvalue weighted by Gasteiger charge is 2.38. The predicted molar refractivity (Wildman–Crippen MR) is 167 cm³/mol. The first-order valence-corrected chi connectivity index (χ1v) is 16.8. The van der Waals surface area contributed by atoms with Gasteiger partial charge in [-0.2, -0.15) is 13.2 Å². The van der Waals surface area contributed by atoms with Gasteiger partial charge in [-0.3, -0.25) is 0 Å². The highest BCUT2D eigenvalue weighted by atomic mass is 19.4. The van der Waals surface area contributed by atoms with Crippen molar-refractivity contribution in [1.82, 2.24) is 0 Å². The number of hydrogen-bond acceptors (Lipinski definition) is 2. The van der Waals surface area contributed by atoms with Crippen LogP contribution in [0.1, 0.15) is 150 Å². The van der Waals surface area contributed by atoms with Crippen LogP contribution in [0.25, 0.3) is 0 Å². The molecule has 0 radical (unpaired) electrons. The van der Waals surface area contributed by atoms with Gasteiger partial charge in [0.2, 0.25) is 0 Å². The minimum atomic E-state index is -4.16. The van der Waals surface area contributed by atoms with Crippen molar-refractivity contribution >= 4 is 5.97 Å². The van der Waals surface area contributed by atoms with Gasteiger partial charge in [0.25, 0.3) is 0 Å². The Morgan fingerprint density at radius 1 is 0.762 bits per heavy atom. The van der Waals surface area contributed by atoms with Crippen LogP contribution < -0.4 is 4.74 Å². The van der Waals surface area contributed by atoms with Crippen LogP contribution >= 0.6 is 0 Å². The maximum absolute atomic E-state index is 13.5. The van der Waals surface area contributed by atoms with E-state index in [0.717, 1.165) is 30.7 Å². The molecule has 1 unspecified atom stereocenters. The molecule has 0 N–H and O–H groups in total. The van der Waals surface area contributed by atoms with E-state index >= 15 is 0 Å². The summed E-state index contributed by atoms with van der Waals surface area (Å²) < 4.78 is 46.0. The zero-order valence-electron chi connectivity index (χ0n) is 26.0. The van der Waals surface area contributed by atoms with Gasteiger partial charge >= 0.3 is 12.1 Å². The second-order valence-electron chi connectivity index (χ2n) is 12.6. The molecule has 0 bridgehead atoms. The van der Waals surface area contributed by atoms with Crippen LogP contribution in [0.5, 0.6) is 5.75 Å². The Balaban J connectivity index is 1.40. The van der Waals surface area contributed by atoms with Gasteiger partial charge in [0, 0.05) is 0 Å². The number of carbonyl (C=O) groups excluding carboxylic acids is 1. The van der Waals surface area contributed by atoms with Crippen LogP contribution in [0.2, 0.25) is 0 Å². The lowest BCUT2D eigenvalue weighted by Crippen LogP contribution is -2.23. The summed E-state index contributed by atoms with van der Waals surface area (Å²) in [5, 5.41) is 0. The molecule has 0 amide bonds. The number of esters is 1. The number of carbonyl (C=O) groups is 1. The zero-order valence-corrected chi connectivity index (χ0v) is 26.0. The van der Waals surface area contributed by atoms with Gasteiger partial charge in [-0.25, -0.2) is 4.79 Å². The number of benzene rings is 2. The van der Waals surface area contributed by atoms with Gasteiger partial charge in [0.15, 0.2) is 0 Å². The zero-order chi connectivity index (χ0) is 30.2. The molecular weight excluding hydrogens is 533 g/mol. The Bertz CT molecular complexity index is 1000. The van der Waals surface area contributed by atoms with Crippen molar-refractivity contribution < 1.29 is 22.7 Å². The fourth-order valence-corrected chi connectivity index (χ4v) is 6.41. The van der Waals surface area contributed by atoms with Crippen molar-refractivity contribution in [3.63, 3.8) is 0 Å². The van der Waals surface area contributed by atoms with E-state index in [1.807, 2.05) is 12.1 Å². The minimum Gasteiger partial charge on any atom is -0.423 e. The maximum atomic E-state index is 13.5. The van der Waals surface area contributed by atoms with Crippen LogP contribution in [0.15, 0.2) is 48.5 Å². The Morgan fingerprint density at radius 2 is 1.36 bits per heavy atom. The summed E-state index contributed by atoms with van der Waals surface area (Å²) in [6.07, 6.45) is 14.5. The van der Waals surface area contributed by atoms with Gasteiger partial charge in [-0.05, 0) is 92.2 Å². The first-order valence-electron chi connectivity index (χ1n) is 16.8. The summed E-state index contributed by atoms with van der Waals surface area (Å²) in [6.45, 7) is 4.32. The van der Waals surface area contributed by atoms with Gasteiger partial charge < -0.3 is 4.74 Å².